The zero-order valence-electron chi connectivity index (χ0n) is 22.5. The molecule has 3 aromatic carbocycles. The molecular formula is C31H34N2O6S. The summed E-state index contributed by atoms with van der Waals surface area (Å²) >= 11 is 0. The van der Waals surface area contributed by atoms with Gasteiger partial charge in [0.1, 0.15) is 5.75 Å². The Hall–Kier alpha value is -3.69. The lowest BCUT2D eigenvalue weighted by Gasteiger charge is -2.32. The highest BCUT2D eigenvalue weighted by Crippen LogP contribution is 2.47. The summed E-state index contributed by atoms with van der Waals surface area (Å²) in [5.74, 6) is 0.464. The predicted molar refractivity (Wildman–Crippen MR) is 152 cm³/mol. The summed E-state index contributed by atoms with van der Waals surface area (Å²) in [7, 11) is -3.67. The number of sulfone groups is 1. The van der Waals surface area contributed by atoms with Gasteiger partial charge in [-0.15, -0.1) is 0 Å². The van der Waals surface area contributed by atoms with Gasteiger partial charge in [0.2, 0.25) is 5.90 Å². The SMILES string of the molecule is CCCN1Cc2ccccc2[C@H]2OC(c3ccc(OCCCO)cc3)=N[C@@]2(CCS(=O)(=O)c2ccccc2)C1=O. The summed E-state index contributed by atoms with van der Waals surface area (Å²) in [5.41, 5.74) is 1.04. The average Bonchev–Trinajstić information content (AvgIpc) is 3.34. The maximum atomic E-state index is 14.3. The van der Waals surface area contributed by atoms with Crippen molar-refractivity contribution in [1.82, 2.24) is 4.90 Å². The van der Waals surface area contributed by atoms with E-state index >= 15 is 0 Å². The Labute approximate surface area is 235 Å². The molecule has 0 unspecified atom stereocenters. The second-order valence-electron chi connectivity index (χ2n) is 10.1. The Balaban J connectivity index is 1.56. The summed E-state index contributed by atoms with van der Waals surface area (Å²) in [5, 5.41) is 9.00. The molecule has 2 atom stereocenters. The minimum absolute atomic E-state index is 0.0197. The van der Waals surface area contributed by atoms with E-state index in [1.54, 1.807) is 47.4 Å². The highest BCUT2D eigenvalue weighted by molar-refractivity contribution is 7.91. The molecule has 0 spiro atoms. The number of hydrogen-bond acceptors (Lipinski definition) is 7. The fraction of sp³-hybridized carbons (Fsp3) is 0.355. The lowest BCUT2D eigenvalue weighted by atomic mass is 9.84. The Bertz CT molecular complexity index is 1470. The third-order valence-corrected chi connectivity index (χ3v) is 9.07. The highest BCUT2D eigenvalue weighted by Gasteiger charge is 2.56. The van der Waals surface area contributed by atoms with Gasteiger partial charge >= 0.3 is 0 Å². The van der Waals surface area contributed by atoms with Gasteiger partial charge in [0.25, 0.3) is 5.91 Å². The number of benzene rings is 3. The van der Waals surface area contributed by atoms with Crippen LogP contribution in [-0.2, 0) is 25.9 Å². The summed E-state index contributed by atoms with van der Waals surface area (Å²) in [6, 6.07) is 23.3. The summed E-state index contributed by atoms with van der Waals surface area (Å²) < 4.78 is 38.9. The smallest absolute Gasteiger partial charge is 0.255 e. The molecule has 1 N–H and O–H groups in total. The van der Waals surface area contributed by atoms with Gasteiger partial charge in [-0.25, -0.2) is 13.4 Å². The van der Waals surface area contributed by atoms with Crippen molar-refractivity contribution in [3.05, 3.63) is 95.6 Å². The molecule has 8 nitrogen and oxygen atoms in total. The standard InChI is InChI=1S/C31H34N2O6S/c1-2-18-33-22-24-9-6-7-12-27(24)28-31(30(33)35,17-21-40(36,37)26-10-4-3-5-11-26)32-29(39-28)23-13-15-25(16-14-23)38-20-8-19-34/h3-7,9-16,28,34H,2,8,17-22H2,1H3/t28-,31-/m1/s1. The van der Waals surface area contributed by atoms with Crippen LogP contribution in [0.3, 0.4) is 0 Å². The van der Waals surface area contributed by atoms with Gasteiger partial charge in [0.05, 0.1) is 17.3 Å². The third kappa shape index (κ3) is 5.48. The number of carbonyl (C=O) groups excluding carboxylic acids is 1. The maximum Gasteiger partial charge on any atom is 0.255 e. The average molecular weight is 563 g/mol. The third-order valence-electron chi connectivity index (χ3n) is 7.34. The zero-order chi connectivity index (χ0) is 28.2. The number of hydrogen-bond donors (Lipinski definition) is 1. The molecule has 9 heteroatoms. The second-order valence-corrected chi connectivity index (χ2v) is 12.2. The molecule has 0 saturated heterocycles. The first-order chi connectivity index (χ1) is 19.4. The monoisotopic (exact) mass is 562 g/mol. The first-order valence-electron chi connectivity index (χ1n) is 13.6. The van der Waals surface area contributed by atoms with Crippen molar-refractivity contribution in [3.8, 4) is 5.75 Å². The van der Waals surface area contributed by atoms with E-state index in [4.69, 9.17) is 19.6 Å². The van der Waals surface area contributed by atoms with Crippen LogP contribution in [0.1, 0.15) is 49.0 Å². The van der Waals surface area contributed by atoms with E-state index in [9.17, 15) is 13.2 Å². The van der Waals surface area contributed by atoms with E-state index in [1.807, 2.05) is 43.3 Å². The molecule has 210 valence electrons. The van der Waals surface area contributed by atoms with Crippen LogP contribution in [0.2, 0.25) is 0 Å². The minimum Gasteiger partial charge on any atom is -0.494 e. The van der Waals surface area contributed by atoms with Gasteiger partial charge in [-0.1, -0.05) is 49.4 Å². The summed E-state index contributed by atoms with van der Waals surface area (Å²) in [6.45, 7) is 3.40. The molecule has 0 radical (unpaired) electrons. The van der Waals surface area contributed by atoms with Gasteiger partial charge < -0.3 is 19.5 Å². The van der Waals surface area contributed by atoms with Crippen LogP contribution in [0.15, 0.2) is 88.8 Å². The molecule has 3 aromatic rings. The van der Waals surface area contributed by atoms with Crippen LogP contribution in [0.5, 0.6) is 5.75 Å². The molecule has 0 bridgehead atoms. The van der Waals surface area contributed by atoms with E-state index in [1.165, 1.54) is 0 Å². The van der Waals surface area contributed by atoms with Crippen molar-refractivity contribution < 1.29 is 27.8 Å². The van der Waals surface area contributed by atoms with Crippen LogP contribution < -0.4 is 4.74 Å². The highest BCUT2D eigenvalue weighted by atomic mass is 32.2. The number of aliphatic hydroxyl groups is 1. The number of carbonyl (C=O) groups is 1. The number of amides is 1. The van der Waals surface area contributed by atoms with Crippen molar-refractivity contribution in [2.75, 3.05) is 25.5 Å². The summed E-state index contributed by atoms with van der Waals surface area (Å²) in [4.78, 5) is 21.3. The number of fused-ring (bicyclic) bond motifs is 3. The Morgan fingerprint density at radius 2 is 1.77 bits per heavy atom. The molecule has 5 rings (SSSR count). The molecular weight excluding hydrogens is 528 g/mol. The number of nitrogens with zero attached hydrogens (tertiary/aromatic N) is 2. The molecule has 2 heterocycles. The van der Waals surface area contributed by atoms with Crippen molar-refractivity contribution >= 4 is 21.6 Å². The van der Waals surface area contributed by atoms with E-state index < -0.39 is 21.5 Å². The summed E-state index contributed by atoms with van der Waals surface area (Å²) in [6.07, 6.45) is 0.503. The van der Waals surface area contributed by atoms with Crippen LogP contribution in [-0.4, -0.2) is 61.3 Å². The van der Waals surface area contributed by atoms with Crippen molar-refractivity contribution in [2.24, 2.45) is 4.99 Å². The molecule has 0 saturated carbocycles. The minimum atomic E-state index is -3.67. The Morgan fingerprint density at radius 3 is 2.50 bits per heavy atom. The largest absolute Gasteiger partial charge is 0.494 e. The molecule has 0 fully saturated rings. The van der Waals surface area contributed by atoms with E-state index in [2.05, 4.69) is 0 Å². The lowest BCUT2D eigenvalue weighted by molar-refractivity contribution is -0.139. The molecule has 2 aliphatic heterocycles. The Morgan fingerprint density at radius 1 is 1.05 bits per heavy atom. The van der Waals surface area contributed by atoms with E-state index in [0.717, 1.165) is 17.5 Å². The van der Waals surface area contributed by atoms with Gasteiger partial charge in [-0.3, -0.25) is 4.79 Å². The maximum absolute atomic E-state index is 14.3. The first kappa shape index (κ1) is 27.9. The van der Waals surface area contributed by atoms with Crippen LogP contribution in [0.25, 0.3) is 0 Å². The number of aliphatic imine (C=N–C) groups is 1. The predicted octanol–water partition coefficient (Wildman–Crippen LogP) is 4.32. The molecule has 2 aliphatic rings. The van der Waals surface area contributed by atoms with Crippen molar-refractivity contribution in [2.45, 2.75) is 49.3 Å². The van der Waals surface area contributed by atoms with E-state index in [-0.39, 0.29) is 29.6 Å². The molecule has 1 amide bonds. The van der Waals surface area contributed by atoms with Crippen LogP contribution >= 0.6 is 0 Å². The Kier molecular flexibility index (Phi) is 8.23. The fourth-order valence-corrected chi connectivity index (χ4v) is 6.69. The van der Waals surface area contributed by atoms with E-state index in [0.29, 0.717) is 43.3 Å². The molecule has 0 aliphatic carbocycles. The topological polar surface area (TPSA) is 106 Å². The fourth-order valence-electron chi connectivity index (χ4n) is 5.30. The number of aliphatic hydroxyl groups excluding tert-OH is 1. The van der Waals surface area contributed by atoms with Gasteiger partial charge in [0, 0.05) is 43.7 Å². The normalized spacial score (nSPS) is 20.2. The van der Waals surface area contributed by atoms with Gasteiger partial charge in [0.15, 0.2) is 21.5 Å². The van der Waals surface area contributed by atoms with Crippen molar-refractivity contribution in [3.63, 3.8) is 0 Å². The quantitative estimate of drug-likeness (QED) is 0.349. The van der Waals surface area contributed by atoms with Crippen molar-refractivity contribution in [1.29, 1.82) is 0 Å². The zero-order valence-corrected chi connectivity index (χ0v) is 23.3. The van der Waals surface area contributed by atoms with Gasteiger partial charge in [-0.2, -0.15) is 0 Å². The van der Waals surface area contributed by atoms with Crippen LogP contribution in [0.4, 0.5) is 0 Å². The second kappa shape index (κ2) is 11.8. The van der Waals surface area contributed by atoms with Crippen LogP contribution in [0, 0.1) is 0 Å². The number of rotatable bonds is 11. The first-order valence-corrected chi connectivity index (χ1v) is 15.3. The lowest BCUT2D eigenvalue weighted by Crippen LogP contribution is -2.49. The number of ether oxygens (including phenoxy) is 2. The van der Waals surface area contributed by atoms with Gasteiger partial charge in [-0.05, 0) is 48.4 Å². The molecule has 40 heavy (non-hydrogen) atoms. The molecule has 0 aromatic heterocycles.